The van der Waals surface area contributed by atoms with Crippen LogP contribution in [0.4, 0.5) is 0 Å². The van der Waals surface area contributed by atoms with E-state index >= 15 is 0 Å². The van der Waals surface area contributed by atoms with Crippen molar-refractivity contribution in [3.63, 3.8) is 0 Å². The lowest BCUT2D eigenvalue weighted by Gasteiger charge is -2.51. The molecule has 2 aliphatic rings. The number of unbranched alkanes of at least 4 members (excludes halogenated alkanes) is 2. The van der Waals surface area contributed by atoms with Gasteiger partial charge in [-0.15, -0.1) is 0 Å². The third-order valence-corrected chi connectivity index (χ3v) is 27.0. The molecule has 282 valence electrons. The van der Waals surface area contributed by atoms with Crippen molar-refractivity contribution in [3.8, 4) is 0 Å². The highest BCUT2D eigenvalue weighted by Gasteiger charge is 2.49. The summed E-state index contributed by atoms with van der Waals surface area (Å²) in [6, 6.07) is 0. The number of aliphatic hydroxyl groups is 1. The molecule has 0 aromatic rings. The quantitative estimate of drug-likeness (QED) is 0.0869. The molecule has 1 N–H and O–H groups in total. The topological polar surface area (TPSA) is 47.9 Å². The monoisotopic (exact) mass is 723 g/mol. The molecule has 0 spiro atoms. The number of aliphatic hydroxyl groups excluding tert-OH is 1. The van der Waals surface area contributed by atoms with Gasteiger partial charge in [-0.25, -0.2) is 0 Å². The first-order valence-corrected chi connectivity index (χ1v) is 28.5. The van der Waals surface area contributed by atoms with Crippen LogP contribution in [0.1, 0.15) is 140 Å². The van der Waals surface area contributed by atoms with Crippen molar-refractivity contribution in [1.82, 2.24) is 0 Å². The van der Waals surface area contributed by atoms with Gasteiger partial charge in [0.1, 0.15) is 0 Å². The minimum Gasteiger partial charge on any atom is -0.417 e. The number of hydrogen-bond donors (Lipinski definition) is 1. The van der Waals surface area contributed by atoms with Crippen LogP contribution >= 0.6 is 0 Å². The molecule has 2 aliphatic carbocycles. The van der Waals surface area contributed by atoms with Crippen LogP contribution in [-0.2, 0) is 13.3 Å². The van der Waals surface area contributed by atoms with E-state index in [1.807, 2.05) is 0 Å². The second-order valence-electron chi connectivity index (χ2n) is 20.3. The molecule has 0 heterocycles. The largest absolute Gasteiger partial charge is 0.417 e. The lowest BCUT2D eigenvalue weighted by Crippen LogP contribution is -2.51. The summed E-state index contributed by atoms with van der Waals surface area (Å²) in [5.41, 5.74) is 0.318. The van der Waals surface area contributed by atoms with Crippen molar-refractivity contribution in [2.45, 2.75) is 213 Å². The van der Waals surface area contributed by atoms with Gasteiger partial charge < -0.3 is 18.4 Å². The van der Waals surface area contributed by atoms with Gasteiger partial charge in [-0.05, 0) is 124 Å². The summed E-state index contributed by atoms with van der Waals surface area (Å²) >= 11 is 0. The second-order valence-corrected chi connectivity index (χ2v) is 34.6. The summed E-state index contributed by atoms with van der Waals surface area (Å²) in [4.78, 5) is 0. The Morgan fingerprint density at radius 1 is 0.792 bits per heavy atom. The Hall–Kier alpha value is -0.0294. The number of hydrogen-bond acceptors (Lipinski definition) is 4. The Labute approximate surface area is 303 Å². The predicted octanol–water partition coefficient (Wildman–Crippen LogP) is 12.8. The smallest absolute Gasteiger partial charge is 0.192 e. The van der Waals surface area contributed by atoms with Crippen LogP contribution in [0.3, 0.4) is 0 Å². The molecule has 2 rings (SSSR count). The van der Waals surface area contributed by atoms with Crippen LogP contribution in [0, 0.1) is 17.3 Å². The van der Waals surface area contributed by atoms with Crippen LogP contribution in [-0.4, -0.2) is 55.0 Å². The zero-order chi connectivity index (χ0) is 36.8. The third-order valence-electron chi connectivity index (χ3n) is 13.5. The molecular formula is C41H82O4Si3. The van der Waals surface area contributed by atoms with Gasteiger partial charge in [0.2, 0.25) is 0 Å². The van der Waals surface area contributed by atoms with Gasteiger partial charge in [0, 0.05) is 12.5 Å². The summed E-state index contributed by atoms with van der Waals surface area (Å²) in [6.07, 6.45) is 21.9. The maximum atomic E-state index is 11.5. The molecule has 7 heteroatoms. The van der Waals surface area contributed by atoms with E-state index in [9.17, 15) is 5.11 Å². The lowest BCUT2D eigenvalue weighted by atomic mass is 9.62. The van der Waals surface area contributed by atoms with E-state index in [4.69, 9.17) is 13.3 Å². The van der Waals surface area contributed by atoms with Crippen molar-refractivity contribution in [2.75, 3.05) is 6.61 Å². The third kappa shape index (κ3) is 11.7. The van der Waals surface area contributed by atoms with Gasteiger partial charge in [-0.2, -0.15) is 0 Å². The van der Waals surface area contributed by atoms with Crippen LogP contribution < -0.4 is 0 Å². The molecule has 2 fully saturated rings. The molecule has 0 amide bonds. The molecule has 4 nitrogen and oxygen atoms in total. The average Bonchev–Trinajstić information content (AvgIpc) is 3.17. The zero-order valence-corrected chi connectivity index (χ0v) is 37.9. The Morgan fingerprint density at radius 3 is 1.88 bits per heavy atom. The van der Waals surface area contributed by atoms with Gasteiger partial charge in [0.25, 0.3) is 0 Å². The van der Waals surface area contributed by atoms with E-state index in [1.54, 1.807) is 0 Å². The Bertz CT molecular complexity index is 1020. The van der Waals surface area contributed by atoms with Gasteiger partial charge in [0.05, 0.1) is 18.3 Å². The summed E-state index contributed by atoms with van der Waals surface area (Å²) in [6.45, 7) is 38.4. The molecule has 5 atom stereocenters. The van der Waals surface area contributed by atoms with Crippen molar-refractivity contribution in [2.24, 2.45) is 17.3 Å². The van der Waals surface area contributed by atoms with Crippen molar-refractivity contribution in [1.29, 1.82) is 0 Å². The van der Waals surface area contributed by atoms with E-state index in [2.05, 4.69) is 133 Å². The first kappa shape index (κ1) is 44.1. The van der Waals surface area contributed by atoms with Crippen LogP contribution in [0.25, 0.3) is 0 Å². The predicted molar refractivity (Wildman–Crippen MR) is 217 cm³/mol. The van der Waals surface area contributed by atoms with Gasteiger partial charge >= 0.3 is 0 Å². The second kappa shape index (κ2) is 17.2. The minimum atomic E-state index is -2.00. The van der Waals surface area contributed by atoms with Gasteiger partial charge in [-0.3, -0.25) is 0 Å². The Balaban J connectivity index is 2.20. The minimum absolute atomic E-state index is 0.0658. The van der Waals surface area contributed by atoms with Crippen molar-refractivity contribution >= 4 is 25.0 Å². The number of rotatable bonds is 18. The van der Waals surface area contributed by atoms with Crippen molar-refractivity contribution < 1.29 is 18.4 Å². The fourth-order valence-electron chi connectivity index (χ4n) is 6.82. The maximum Gasteiger partial charge on any atom is 0.192 e. The normalized spacial score (nSPS) is 25.3. The zero-order valence-electron chi connectivity index (χ0n) is 34.9. The summed E-state index contributed by atoms with van der Waals surface area (Å²) < 4.78 is 20.8. The first-order valence-electron chi connectivity index (χ1n) is 19.8. The van der Waals surface area contributed by atoms with Crippen LogP contribution in [0.15, 0.2) is 24.3 Å². The highest BCUT2D eigenvalue weighted by molar-refractivity contribution is 6.74. The van der Waals surface area contributed by atoms with Crippen LogP contribution in [0.5, 0.6) is 0 Å². The first-order chi connectivity index (χ1) is 21.8. The molecule has 0 aromatic heterocycles. The molecule has 0 aromatic carbocycles. The Kier molecular flexibility index (Phi) is 15.8. The molecule has 2 unspecified atom stereocenters. The lowest BCUT2D eigenvalue weighted by molar-refractivity contribution is -0.0314. The number of allylic oxidation sites excluding steroid dienone is 2. The fourth-order valence-corrected chi connectivity index (χ4v) is 10.7. The van der Waals surface area contributed by atoms with E-state index in [1.165, 1.54) is 32.1 Å². The molecular weight excluding hydrogens is 641 g/mol. The molecule has 0 radical (unpaired) electrons. The van der Waals surface area contributed by atoms with Crippen LogP contribution in [0.2, 0.25) is 54.4 Å². The summed E-state index contributed by atoms with van der Waals surface area (Å²) in [5.74, 6) is 0.399. The highest BCUT2D eigenvalue weighted by atomic mass is 28.4. The van der Waals surface area contributed by atoms with E-state index in [-0.39, 0.29) is 45.3 Å². The van der Waals surface area contributed by atoms with Gasteiger partial charge in [-0.1, -0.05) is 106 Å². The molecule has 0 aliphatic heterocycles. The molecule has 0 bridgehead atoms. The fraction of sp³-hybridized carbons (Fsp3) is 0.902. The molecule has 48 heavy (non-hydrogen) atoms. The Morgan fingerprint density at radius 2 is 1.38 bits per heavy atom. The van der Waals surface area contributed by atoms with E-state index in [0.29, 0.717) is 5.41 Å². The summed E-state index contributed by atoms with van der Waals surface area (Å²) in [5, 5.41) is 12.1. The SMILES string of the molecule is CCCC1(C(C/C=C/[C@H]2[C@H](O[Si](C)(C)C(C)(C)C)CC(O)[C@@H]2C/C=C\CCCCO[Si](C)(C)C(C)(C)C)O[Si](C)(C)C(C)(C)C)CCC1. The highest BCUT2D eigenvalue weighted by Crippen LogP contribution is 2.52. The van der Waals surface area contributed by atoms with E-state index < -0.39 is 25.0 Å². The van der Waals surface area contributed by atoms with Crippen molar-refractivity contribution in [3.05, 3.63) is 24.3 Å². The van der Waals surface area contributed by atoms with Gasteiger partial charge in [0.15, 0.2) is 25.0 Å². The maximum absolute atomic E-state index is 11.5. The standard InChI is InChI=1S/C41H82O4Si3/c1-17-28-41(29-24-30-41)37(45-48(15,16)40(8,9)10)27-23-26-34-33(35(42)32-36(34)44-47(13,14)39(5,6)7)25-21-19-18-20-22-31-43-46(11,12)38(2,3)4/h19,21,23,26,33-37,42H,17-18,20,22,24-25,27-32H2,1-16H3/b21-19-,26-23+/t33-,34-,35?,36-,37?/m1/s1. The molecule has 0 saturated heterocycles. The average molecular weight is 723 g/mol. The molecule has 2 saturated carbocycles. The summed E-state index contributed by atoms with van der Waals surface area (Å²) in [7, 11) is -5.59. The van der Waals surface area contributed by atoms with E-state index in [0.717, 1.165) is 45.1 Å².